The van der Waals surface area contributed by atoms with E-state index >= 15 is 0 Å². The van der Waals surface area contributed by atoms with Crippen LogP contribution in [0.15, 0.2) is 41.8 Å². The number of fused-ring (bicyclic) bond motifs is 1. The Morgan fingerprint density at radius 2 is 2.17 bits per heavy atom. The number of aromatic nitrogens is 2. The minimum atomic E-state index is -0.0996. The minimum absolute atomic E-state index is 0.0277. The van der Waals surface area contributed by atoms with Crippen LogP contribution in [0.3, 0.4) is 0 Å². The molecule has 1 aliphatic heterocycles. The Morgan fingerprint density at radius 1 is 1.30 bits per heavy atom. The van der Waals surface area contributed by atoms with Gasteiger partial charge in [-0.05, 0) is 23.6 Å². The van der Waals surface area contributed by atoms with E-state index in [0.29, 0.717) is 5.69 Å². The Balaban J connectivity index is 1.89. The quantitative estimate of drug-likeness (QED) is 0.803. The number of H-pyrrole nitrogens is 1. The number of nitrogens with one attached hydrogen (secondary N) is 1. The molecule has 0 aliphatic carbocycles. The first-order valence-corrected chi connectivity index (χ1v) is 8.12. The van der Waals surface area contributed by atoms with E-state index < -0.39 is 0 Å². The molecule has 3 aromatic rings. The third-order valence-electron chi connectivity index (χ3n) is 4.15. The largest absolute Gasteiger partial charge is 0.497 e. The van der Waals surface area contributed by atoms with E-state index in [-0.39, 0.29) is 11.9 Å². The molecule has 0 unspecified atom stereocenters. The normalized spacial score (nSPS) is 16.7. The van der Waals surface area contributed by atoms with Crippen molar-refractivity contribution < 1.29 is 9.53 Å². The highest BCUT2D eigenvalue weighted by Crippen LogP contribution is 2.43. The monoisotopic (exact) mass is 325 g/mol. The minimum Gasteiger partial charge on any atom is -0.497 e. The fourth-order valence-corrected chi connectivity index (χ4v) is 3.91. The van der Waals surface area contributed by atoms with Crippen molar-refractivity contribution in [3.05, 3.63) is 57.9 Å². The van der Waals surface area contributed by atoms with Gasteiger partial charge in [0.15, 0.2) is 0 Å². The van der Waals surface area contributed by atoms with Gasteiger partial charge < -0.3 is 9.64 Å². The predicted molar refractivity (Wildman–Crippen MR) is 88.8 cm³/mol. The van der Waals surface area contributed by atoms with Gasteiger partial charge in [-0.2, -0.15) is 5.10 Å². The number of thiophene rings is 1. The van der Waals surface area contributed by atoms with Gasteiger partial charge in [0.25, 0.3) is 5.91 Å². The summed E-state index contributed by atoms with van der Waals surface area (Å²) in [7, 11) is 3.47. The number of carbonyl (C=O) groups is 1. The van der Waals surface area contributed by atoms with Crippen LogP contribution in [-0.4, -0.2) is 35.2 Å². The number of nitrogens with zero attached hydrogens (tertiary/aromatic N) is 2. The van der Waals surface area contributed by atoms with Crippen LogP contribution in [0.4, 0.5) is 0 Å². The first kappa shape index (κ1) is 14.0. The molecule has 4 rings (SSSR count). The van der Waals surface area contributed by atoms with Gasteiger partial charge in [-0.15, -0.1) is 11.3 Å². The van der Waals surface area contributed by atoms with Gasteiger partial charge in [-0.25, -0.2) is 0 Å². The zero-order valence-corrected chi connectivity index (χ0v) is 13.6. The number of carbonyl (C=O) groups excluding carboxylic acids is 1. The van der Waals surface area contributed by atoms with Gasteiger partial charge >= 0.3 is 0 Å². The predicted octanol–water partition coefficient (Wildman–Crippen LogP) is 3.32. The van der Waals surface area contributed by atoms with Crippen molar-refractivity contribution in [1.29, 1.82) is 0 Å². The maximum absolute atomic E-state index is 12.5. The molecule has 1 aliphatic rings. The van der Waals surface area contributed by atoms with Gasteiger partial charge in [0.2, 0.25) is 0 Å². The lowest BCUT2D eigenvalue weighted by Crippen LogP contribution is -2.24. The molecule has 23 heavy (non-hydrogen) atoms. The summed E-state index contributed by atoms with van der Waals surface area (Å²) in [6, 6.07) is 11.7. The second-order valence-corrected chi connectivity index (χ2v) is 6.41. The summed E-state index contributed by atoms with van der Waals surface area (Å²) in [4.78, 5) is 15.4. The number of amides is 1. The molecule has 0 saturated heterocycles. The highest BCUT2D eigenvalue weighted by Gasteiger charge is 2.40. The number of rotatable bonds is 3. The molecule has 1 N–H and O–H groups in total. The van der Waals surface area contributed by atoms with Crippen molar-refractivity contribution in [2.24, 2.45) is 0 Å². The highest BCUT2D eigenvalue weighted by atomic mass is 32.1. The number of methoxy groups -OCH3 is 1. The SMILES string of the molecule is COc1cccc(-c2n[nH]c3c2[C@@H](c2cccs2)N(C)C3=O)c1. The van der Waals surface area contributed by atoms with Crippen molar-refractivity contribution in [2.45, 2.75) is 6.04 Å². The highest BCUT2D eigenvalue weighted by molar-refractivity contribution is 7.10. The maximum atomic E-state index is 12.5. The zero-order chi connectivity index (χ0) is 16.0. The fraction of sp³-hybridized carbons (Fsp3) is 0.176. The van der Waals surface area contributed by atoms with Crippen LogP contribution in [0.2, 0.25) is 0 Å². The first-order valence-electron chi connectivity index (χ1n) is 7.24. The van der Waals surface area contributed by atoms with Gasteiger partial charge in [0.05, 0.1) is 18.8 Å². The molecule has 1 atom stereocenters. The number of hydrogen-bond donors (Lipinski definition) is 1. The van der Waals surface area contributed by atoms with E-state index in [9.17, 15) is 4.79 Å². The average molecular weight is 325 g/mol. The summed E-state index contributed by atoms with van der Waals surface area (Å²) in [5.41, 5.74) is 3.25. The summed E-state index contributed by atoms with van der Waals surface area (Å²) in [6.45, 7) is 0. The van der Waals surface area contributed by atoms with E-state index in [4.69, 9.17) is 4.74 Å². The number of ether oxygens (including phenoxy) is 1. The molecule has 6 heteroatoms. The lowest BCUT2D eigenvalue weighted by atomic mass is 10.0. The van der Waals surface area contributed by atoms with Gasteiger partial charge in [-0.3, -0.25) is 9.89 Å². The Kier molecular flexibility index (Phi) is 3.20. The van der Waals surface area contributed by atoms with Crippen molar-refractivity contribution in [3.8, 4) is 17.0 Å². The van der Waals surface area contributed by atoms with Crippen LogP contribution in [0.5, 0.6) is 5.75 Å². The summed E-state index contributed by atoms with van der Waals surface area (Å²) >= 11 is 1.64. The number of aromatic amines is 1. The maximum Gasteiger partial charge on any atom is 0.272 e. The topological polar surface area (TPSA) is 58.2 Å². The molecule has 3 heterocycles. The second-order valence-electron chi connectivity index (χ2n) is 5.43. The van der Waals surface area contributed by atoms with E-state index in [1.165, 1.54) is 0 Å². The number of benzene rings is 1. The van der Waals surface area contributed by atoms with Gasteiger partial charge in [-0.1, -0.05) is 18.2 Å². The Hall–Kier alpha value is -2.60. The standard InChI is InChI=1S/C17H15N3O2S/c1-20-16(12-7-4-8-23-12)13-14(18-19-15(13)17(20)21)10-5-3-6-11(9-10)22-2/h3-9,16H,1-2H3,(H,18,19)/t16-/m1/s1. The third-order valence-corrected chi connectivity index (χ3v) is 5.08. The summed E-state index contributed by atoms with van der Waals surface area (Å²) in [5, 5.41) is 9.35. The molecule has 0 fully saturated rings. The zero-order valence-electron chi connectivity index (χ0n) is 12.7. The second kappa shape index (κ2) is 5.24. The van der Waals surface area contributed by atoms with E-state index in [2.05, 4.69) is 16.3 Å². The Morgan fingerprint density at radius 3 is 2.91 bits per heavy atom. The van der Waals surface area contributed by atoms with Gasteiger partial charge in [0.1, 0.15) is 11.4 Å². The summed E-state index contributed by atoms with van der Waals surface area (Å²) in [6.07, 6.45) is 0. The third kappa shape index (κ3) is 2.06. The van der Waals surface area contributed by atoms with Crippen molar-refractivity contribution in [1.82, 2.24) is 15.1 Å². The molecule has 1 aromatic carbocycles. The summed E-state index contributed by atoms with van der Waals surface area (Å²) < 4.78 is 5.30. The molecule has 0 bridgehead atoms. The van der Waals surface area contributed by atoms with Crippen LogP contribution in [0.25, 0.3) is 11.3 Å². The molecular weight excluding hydrogens is 310 g/mol. The molecule has 116 valence electrons. The van der Waals surface area contributed by atoms with Crippen LogP contribution in [-0.2, 0) is 0 Å². The van der Waals surface area contributed by atoms with Crippen LogP contribution in [0.1, 0.15) is 27.0 Å². The summed E-state index contributed by atoms with van der Waals surface area (Å²) in [5.74, 6) is 0.740. The van der Waals surface area contributed by atoms with Crippen molar-refractivity contribution in [3.63, 3.8) is 0 Å². The Labute approximate surface area is 137 Å². The molecule has 1 amide bonds. The molecule has 0 radical (unpaired) electrons. The Bertz CT molecular complexity index is 870. The fourth-order valence-electron chi connectivity index (χ4n) is 3.04. The molecular formula is C17H15N3O2S. The smallest absolute Gasteiger partial charge is 0.272 e. The van der Waals surface area contributed by atoms with E-state index in [1.807, 2.05) is 42.8 Å². The van der Waals surface area contributed by atoms with E-state index in [0.717, 1.165) is 27.4 Å². The van der Waals surface area contributed by atoms with E-state index in [1.54, 1.807) is 23.3 Å². The molecule has 0 saturated carbocycles. The van der Waals surface area contributed by atoms with Crippen LogP contribution in [0, 0.1) is 0 Å². The molecule has 0 spiro atoms. The number of hydrogen-bond acceptors (Lipinski definition) is 4. The average Bonchev–Trinajstić information content (AvgIpc) is 3.28. The molecule has 5 nitrogen and oxygen atoms in total. The van der Waals surface area contributed by atoms with Crippen LogP contribution >= 0.6 is 11.3 Å². The van der Waals surface area contributed by atoms with Gasteiger partial charge in [0, 0.05) is 23.1 Å². The lowest BCUT2D eigenvalue weighted by Gasteiger charge is -2.20. The van der Waals surface area contributed by atoms with Crippen LogP contribution < -0.4 is 4.74 Å². The first-order chi connectivity index (χ1) is 11.2. The lowest BCUT2D eigenvalue weighted by molar-refractivity contribution is 0.0789. The molecule has 2 aromatic heterocycles. The van der Waals surface area contributed by atoms with Crippen molar-refractivity contribution >= 4 is 17.2 Å². The van der Waals surface area contributed by atoms with Crippen molar-refractivity contribution in [2.75, 3.05) is 14.2 Å².